The summed E-state index contributed by atoms with van der Waals surface area (Å²) in [6.07, 6.45) is 1.89. The van der Waals surface area contributed by atoms with Gasteiger partial charge in [-0.3, -0.25) is 14.5 Å². The predicted octanol–water partition coefficient (Wildman–Crippen LogP) is 3.72. The van der Waals surface area contributed by atoms with Crippen molar-refractivity contribution in [2.75, 3.05) is 13.1 Å². The smallest absolute Gasteiger partial charge is 0.325 e. The molecule has 6 nitrogen and oxygen atoms in total. The van der Waals surface area contributed by atoms with E-state index in [-0.39, 0.29) is 18.4 Å². The first kappa shape index (κ1) is 22.5. The van der Waals surface area contributed by atoms with Crippen LogP contribution in [-0.4, -0.2) is 35.8 Å². The minimum absolute atomic E-state index is 0.282. The van der Waals surface area contributed by atoms with Crippen LogP contribution in [0.25, 0.3) is 0 Å². The molecule has 1 aliphatic rings. The molecular weight excluding hydrogens is 390 g/mol. The number of urea groups is 1. The van der Waals surface area contributed by atoms with Gasteiger partial charge < -0.3 is 10.6 Å². The predicted molar refractivity (Wildman–Crippen MR) is 121 cm³/mol. The van der Waals surface area contributed by atoms with E-state index in [0.717, 1.165) is 22.4 Å². The van der Waals surface area contributed by atoms with E-state index in [1.807, 2.05) is 37.3 Å². The minimum atomic E-state index is -1.11. The van der Waals surface area contributed by atoms with Crippen LogP contribution < -0.4 is 10.6 Å². The molecule has 3 rings (SSSR count). The first-order valence-electron chi connectivity index (χ1n) is 10.9. The van der Waals surface area contributed by atoms with Crippen molar-refractivity contribution in [3.05, 3.63) is 71.3 Å². The van der Waals surface area contributed by atoms with E-state index in [9.17, 15) is 14.4 Å². The SMILES string of the molecule is CCC[C@@]1(c2ccccc2)NC(=O)N(CC(=O)NCCc2ccc(C(C)C)cc2)C1=O. The van der Waals surface area contributed by atoms with Gasteiger partial charge in [0, 0.05) is 6.54 Å². The van der Waals surface area contributed by atoms with Crippen LogP contribution in [0.4, 0.5) is 4.79 Å². The molecule has 0 spiro atoms. The molecule has 164 valence electrons. The van der Waals surface area contributed by atoms with Crippen molar-refractivity contribution in [3.63, 3.8) is 0 Å². The first-order valence-corrected chi connectivity index (χ1v) is 10.9. The average molecular weight is 422 g/mol. The fraction of sp³-hybridized carbons (Fsp3) is 0.400. The van der Waals surface area contributed by atoms with E-state index >= 15 is 0 Å². The highest BCUT2D eigenvalue weighted by molar-refractivity contribution is 6.09. The normalized spacial score (nSPS) is 18.4. The van der Waals surface area contributed by atoms with Crippen molar-refractivity contribution >= 4 is 17.8 Å². The van der Waals surface area contributed by atoms with Gasteiger partial charge in [0.25, 0.3) is 5.91 Å². The minimum Gasteiger partial charge on any atom is -0.354 e. The fourth-order valence-corrected chi connectivity index (χ4v) is 3.99. The number of carbonyl (C=O) groups is 3. The third-order valence-corrected chi connectivity index (χ3v) is 5.75. The van der Waals surface area contributed by atoms with Gasteiger partial charge in [-0.2, -0.15) is 0 Å². The molecule has 0 aliphatic carbocycles. The topological polar surface area (TPSA) is 78.5 Å². The Morgan fingerprint density at radius 1 is 1.06 bits per heavy atom. The zero-order chi connectivity index (χ0) is 22.4. The summed E-state index contributed by atoms with van der Waals surface area (Å²) in [5.74, 6) is -0.235. The van der Waals surface area contributed by atoms with Gasteiger partial charge in [-0.25, -0.2) is 4.79 Å². The summed E-state index contributed by atoms with van der Waals surface area (Å²) in [7, 11) is 0. The molecule has 6 heteroatoms. The molecule has 0 radical (unpaired) electrons. The zero-order valence-corrected chi connectivity index (χ0v) is 18.5. The molecule has 1 saturated heterocycles. The molecule has 1 heterocycles. The van der Waals surface area contributed by atoms with Crippen molar-refractivity contribution in [2.45, 2.75) is 51.5 Å². The number of benzene rings is 2. The van der Waals surface area contributed by atoms with Gasteiger partial charge in [0.15, 0.2) is 0 Å². The Hall–Kier alpha value is -3.15. The molecular formula is C25H31N3O3. The van der Waals surface area contributed by atoms with Gasteiger partial charge in [0.1, 0.15) is 12.1 Å². The lowest BCUT2D eigenvalue weighted by Crippen LogP contribution is -2.45. The van der Waals surface area contributed by atoms with Crippen LogP contribution in [0.5, 0.6) is 0 Å². The highest BCUT2D eigenvalue weighted by Gasteiger charge is 2.52. The van der Waals surface area contributed by atoms with Crippen molar-refractivity contribution in [2.24, 2.45) is 0 Å². The molecule has 1 fully saturated rings. The summed E-state index contributed by atoms with van der Waals surface area (Å²) in [5, 5.41) is 5.67. The maximum Gasteiger partial charge on any atom is 0.325 e. The van der Waals surface area contributed by atoms with Crippen molar-refractivity contribution in [3.8, 4) is 0 Å². The highest BCUT2D eigenvalue weighted by atomic mass is 16.2. The molecule has 2 N–H and O–H groups in total. The summed E-state index contributed by atoms with van der Waals surface area (Å²) >= 11 is 0. The Morgan fingerprint density at radius 3 is 2.35 bits per heavy atom. The molecule has 1 aliphatic heterocycles. The average Bonchev–Trinajstić information content (AvgIpc) is 3.00. The molecule has 2 aromatic carbocycles. The Balaban J connectivity index is 1.59. The van der Waals surface area contributed by atoms with E-state index in [0.29, 0.717) is 25.3 Å². The monoisotopic (exact) mass is 421 g/mol. The van der Waals surface area contributed by atoms with E-state index in [2.05, 4.69) is 48.7 Å². The molecule has 0 unspecified atom stereocenters. The van der Waals surface area contributed by atoms with Crippen molar-refractivity contribution < 1.29 is 14.4 Å². The summed E-state index contributed by atoms with van der Waals surface area (Å²) < 4.78 is 0. The lowest BCUT2D eigenvalue weighted by Gasteiger charge is -2.26. The second-order valence-corrected chi connectivity index (χ2v) is 8.34. The zero-order valence-electron chi connectivity index (χ0n) is 18.5. The van der Waals surface area contributed by atoms with E-state index in [4.69, 9.17) is 0 Å². The second-order valence-electron chi connectivity index (χ2n) is 8.34. The molecule has 4 amide bonds. The second kappa shape index (κ2) is 9.77. The number of hydrogen-bond acceptors (Lipinski definition) is 3. The third kappa shape index (κ3) is 4.95. The van der Waals surface area contributed by atoms with E-state index < -0.39 is 11.6 Å². The van der Waals surface area contributed by atoms with Gasteiger partial charge >= 0.3 is 6.03 Å². The summed E-state index contributed by atoms with van der Waals surface area (Å²) in [4.78, 5) is 39.3. The Morgan fingerprint density at radius 2 is 1.74 bits per heavy atom. The number of carbonyl (C=O) groups excluding carboxylic acids is 3. The standard InChI is InChI=1S/C25H31N3O3/c1-4-15-25(21-8-6-5-7-9-21)23(30)28(24(31)27-25)17-22(29)26-16-14-19-10-12-20(13-11-19)18(2)3/h5-13,18H,4,14-17H2,1-3H3,(H,26,29)(H,27,31)/t25-/m0/s1. The third-order valence-electron chi connectivity index (χ3n) is 5.75. The van der Waals surface area contributed by atoms with Crippen LogP contribution in [0.15, 0.2) is 54.6 Å². The van der Waals surface area contributed by atoms with Crippen LogP contribution >= 0.6 is 0 Å². The van der Waals surface area contributed by atoms with Gasteiger partial charge in [0.2, 0.25) is 5.91 Å². The number of nitrogens with zero attached hydrogens (tertiary/aromatic N) is 1. The Labute approximate surface area is 184 Å². The quantitative estimate of drug-likeness (QED) is 0.606. The van der Waals surface area contributed by atoms with Gasteiger partial charge in [0.05, 0.1) is 0 Å². The maximum absolute atomic E-state index is 13.2. The maximum atomic E-state index is 13.2. The van der Waals surface area contributed by atoms with Crippen LogP contribution in [0.3, 0.4) is 0 Å². The van der Waals surface area contributed by atoms with Crippen LogP contribution in [-0.2, 0) is 21.5 Å². The number of amides is 4. The Bertz CT molecular complexity index is 925. The Kier molecular flexibility index (Phi) is 7.10. The highest BCUT2D eigenvalue weighted by Crippen LogP contribution is 2.33. The van der Waals surface area contributed by atoms with Crippen LogP contribution in [0.2, 0.25) is 0 Å². The summed E-state index contributed by atoms with van der Waals surface area (Å²) in [6, 6.07) is 17.0. The summed E-state index contributed by atoms with van der Waals surface area (Å²) in [6.45, 7) is 6.43. The van der Waals surface area contributed by atoms with Crippen LogP contribution in [0, 0.1) is 0 Å². The largest absolute Gasteiger partial charge is 0.354 e. The van der Waals surface area contributed by atoms with Crippen LogP contribution in [0.1, 0.15) is 56.2 Å². The molecule has 1 atom stereocenters. The fourth-order valence-electron chi connectivity index (χ4n) is 3.99. The lowest BCUT2D eigenvalue weighted by molar-refractivity contribution is -0.135. The van der Waals surface area contributed by atoms with Gasteiger partial charge in [-0.05, 0) is 35.4 Å². The molecule has 31 heavy (non-hydrogen) atoms. The van der Waals surface area contributed by atoms with E-state index in [1.54, 1.807) is 0 Å². The van der Waals surface area contributed by atoms with E-state index in [1.165, 1.54) is 5.56 Å². The molecule has 0 aromatic heterocycles. The first-order chi connectivity index (χ1) is 14.9. The molecule has 0 saturated carbocycles. The molecule has 2 aromatic rings. The number of nitrogens with one attached hydrogen (secondary N) is 2. The van der Waals surface area contributed by atoms with Gasteiger partial charge in [-0.1, -0.05) is 81.8 Å². The summed E-state index contributed by atoms with van der Waals surface area (Å²) in [5.41, 5.74) is 2.04. The number of hydrogen-bond donors (Lipinski definition) is 2. The lowest BCUT2D eigenvalue weighted by atomic mass is 9.85. The van der Waals surface area contributed by atoms with Crippen molar-refractivity contribution in [1.29, 1.82) is 0 Å². The van der Waals surface area contributed by atoms with Crippen molar-refractivity contribution in [1.82, 2.24) is 15.5 Å². The molecule has 0 bridgehead atoms. The van der Waals surface area contributed by atoms with Gasteiger partial charge in [-0.15, -0.1) is 0 Å². The number of imide groups is 1. The number of rotatable bonds is 9.